The summed E-state index contributed by atoms with van der Waals surface area (Å²) < 4.78 is 10.4. The largest absolute Gasteiger partial charge is 0.468 e. The molecule has 4 nitrogen and oxygen atoms in total. The average molecular weight is 201 g/mol. The van der Waals surface area contributed by atoms with Gasteiger partial charge < -0.3 is 9.47 Å². The van der Waals surface area contributed by atoms with Crippen LogP contribution in [0, 0.1) is 0 Å². The van der Waals surface area contributed by atoms with Crippen molar-refractivity contribution in [2.24, 2.45) is 0 Å². The monoisotopic (exact) mass is 200 g/mol. The van der Waals surface area contributed by atoms with E-state index in [1.165, 1.54) is 0 Å². The van der Waals surface area contributed by atoms with Gasteiger partial charge in [0.05, 0.1) is 31.0 Å². The second-order valence-electron chi connectivity index (χ2n) is 2.76. The minimum Gasteiger partial charge on any atom is -0.468 e. The SMILES string of the molecule is ClCc1cncc(OC2COC2)n1. The zero-order chi connectivity index (χ0) is 9.10. The number of rotatable bonds is 3. The van der Waals surface area contributed by atoms with Crippen molar-refractivity contribution in [3.63, 3.8) is 0 Å². The average Bonchev–Trinajstić information content (AvgIpc) is 2.12. The molecular weight excluding hydrogens is 192 g/mol. The summed E-state index contributed by atoms with van der Waals surface area (Å²) in [6.45, 7) is 1.26. The third kappa shape index (κ3) is 2.08. The molecule has 0 bridgehead atoms. The van der Waals surface area contributed by atoms with E-state index in [0.717, 1.165) is 5.69 Å². The number of ether oxygens (including phenoxy) is 2. The van der Waals surface area contributed by atoms with Crippen LogP contribution in [-0.4, -0.2) is 29.3 Å². The molecule has 5 heteroatoms. The van der Waals surface area contributed by atoms with Gasteiger partial charge in [0.25, 0.3) is 0 Å². The molecule has 13 heavy (non-hydrogen) atoms. The van der Waals surface area contributed by atoms with Gasteiger partial charge in [-0.1, -0.05) is 0 Å². The Balaban J connectivity index is 2.01. The first-order chi connectivity index (χ1) is 6.38. The van der Waals surface area contributed by atoms with Crippen LogP contribution in [-0.2, 0) is 10.6 Å². The van der Waals surface area contributed by atoms with Crippen molar-refractivity contribution < 1.29 is 9.47 Å². The lowest BCUT2D eigenvalue weighted by Crippen LogP contribution is -2.38. The summed E-state index contributed by atoms with van der Waals surface area (Å²) in [7, 11) is 0. The van der Waals surface area contributed by atoms with Crippen molar-refractivity contribution in [1.82, 2.24) is 9.97 Å². The highest BCUT2D eigenvalue weighted by molar-refractivity contribution is 6.16. The fourth-order valence-electron chi connectivity index (χ4n) is 0.960. The molecule has 70 valence electrons. The quantitative estimate of drug-likeness (QED) is 0.683. The fraction of sp³-hybridized carbons (Fsp3) is 0.500. The van der Waals surface area contributed by atoms with Gasteiger partial charge >= 0.3 is 0 Å². The molecule has 0 amide bonds. The predicted octanol–water partition coefficient (Wildman–Crippen LogP) is 0.993. The summed E-state index contributed by atoms with van der Waals surface area (Å²) in [5, 5.41) is 0. The highest BCUT2D eigenvalue weighted by Crippen LogP contribution is 2.12. The minimum absolute atomic E-state index is 0.125. The Bertz CT molecular complexity index is 291. The number of hydrogen-bond donors (Lipinski definition) is 0. The highest BCUT2D eigenvalue weighted by Gasteiger charge is 2.20. The second kappa shape index (κ2) is 3.89. The van der Waals surface area contributed by atoms with Crippen molar-refractivity contribution in [3.8, 4) is 5.88 Å². The van der Waals surface area contributed by atoms with Crippen LogP contribution in [0.3, 0.4) is 0 Å². The van der Waals surface area contributed by atoms with Crippen LogP contribution in [0.4, 0.5) is 0 Å². The molecule has 0 N–H and O–H groups in total. The number of alkyl halides is 1. The third-order valence-electron chi connectivity index (χ3n) is 1.69. The molecule has 2 heterocycles. The normalized spacial score (nSPS) is 16.7. The van der Waals surface area contributed by atoms with Gasteiger partial charge in [-0.3, -0.25) is 4.98 Å². The molecule has 0 aromatic carbocycles. The molecule has 1 aliphatic rings. The molecule has 0 radical (unpaired) electrons. The van der Waals surface area contributed by atoms with E-state index in [4.69, 9.17) is 21.1 Å². The standard InChI is InChI=1S/C8H9ClN2O2/c9-1-6-2-10-3-8(11-6)13-7-4-12-5-7/h2-3,7H,1,4-5H2. The number of hydrogen-bond acceptors (Lipinski definition) is 4. The summed E-state index contributed by atoms with van der Waals surface area (Å²) in [6.07, 6.45) is 3.32. The maximum Gasteiger partial charge on any atom is 0.233 e. The first-order valence-electron chi connectivity index (χ1n) is 4.00. The molecule has 0 saturated carbocycles. The number of aromatic nitrogens is 2. The van der Waals surface area contributed by atoms with E-state index in [-0.39, 0.29) is 6.10 Å². The molecular formula is C8H9ClN2O2. The molecule has 0 unspecified atom stereocenters. The van der Waals surface area contributed by atoms with E-state index < -0.39 is 0 Å². The zero-order valence-electron chi connectivity index (χ0n) is 6.94. The summed E-state index contributed by atoms with van der Waals surface area (Å²) in [5.74, 6) is 0.872. The van der Waals surface area contributed by atoms with Gasteiger partial charge in [-0.25, -0.2) is 4.98 Å². The Morgan fingerprint density at radius 1 is 1.54 bits per heavy atom. The maximum atomic E-state index is 5.60. The predicted molar refractivity (Wildman–Crippen MR) is 46.8 cm³/mol. The van der Waals surface area contributed by atoms with Gasteiger partial charge in [-0.05, 0) is 0 Å². The van der Waals surface area contributed by atoms with Crippen molar-refractivity contribution in [3.05, 3.63) is 18.1 Å². The van der Waals surface area contributed by atoms with Gasteiger partial charge in [0.1, 0.15) is 6.10 Å². The van der Waals surface area contributed by atoms with Gasteiger partial charge in [0, 0.05) is 6.20 Å². The van der Waals surface area contributed by atoms with Gasteiger partial charge in [-0.2, -0.15) is 0 Å². The first kappa shape index (κ1) is 8.72. The van der Waals surface area contributed by atoms with Crippen LogP contribution >= 0.6 is 11.6 Å². The lowest BCUT2D eigenvalue weighted by molar-refractivity contribution is -0.0815. The Morgan fingerprint density at radius 2 is 2.38 bits per heavy atom. The molecule has 1 aromatic rings. The summed E-state index contributed by atoms with van der Waals surface area (Å²) >= 11 is 5.60. The van der Waals surface area contributed by atoms with Gasteiger partial charge in [0.2, 0.25) is 5.88 Å². The Morgan fingerprint density at radius 3 is 3.00 bits per heavy atom. The molecule has 1 fully saturated rings. The molecule has 0 spiro atoms. The molecule has 1 aliphatic heterocycles. The summed E-state index contributed by atoms with van der Waals surface area (Å²) in [6, 6.07) is 0. The highest BCUT2D eigenvalue weighted by atomic mass is 35.5. The van der Waals surface area contributed by atoms with E-state index in [9.17, 15) is 0 Å². The van der Waals surface area contributed by atoms with E-state index in [2.05, 4.69) is 9.97 Å². The van der Waals surface area contributed by atoms with Crippen LogP contribution in [0.15, 0.2) is 12.4 Å². The van der Waals surface area contributed by atoms with Crippen LogP contribution in [0.1, 0.15) is 5.69 Å². The van der Waals surface area contributed by atoms with Crippen LogP contribution in [0.5, 0.6) is 5.88 Å². The molecule has 2 rings (SSSR count). The van der Waals surface area contributed by atoms with Crippen molar-refractivity contribution >= 4 is 11.6 Å². The fourth-order valence-corrected chi connectivity index (χ4v) is 1.09. The van der Waals surface area contributed by atoms with Crippen LogP contribution < -0.4 is 4.74 Å². The smallest absolute Gasteiger partial charge is 0.233 e. The minimum atomic E-state index is 0.125. The molecule has 1 aromatic heterocycles. The van der Waals surface area contributed by atoms with Crippen molar-refractivity contribution in [2.75, 3.05) is 13.2 Å². The van der Waals surface area contributed by atoms with Gasteiger partial charge in [-0.15, -0.1) is 11.6 Å². The van der Waals surface area contributed by atoms with Crippen LogP contribution in [0.2, 0.25) is 0 Å². The Labute approximate surface area is 80.9 Å². The summed E-state index contributed by atoms with van der Waals surface area (Å²) in [4.78, 5) is 8.09. The zero-order valence-corrected chi connectivity index (χ0v) is 7.70. The number of halogens is 1. The lowest BCUT2D eigenvalue weighted by atomic mass is 10.3. The Kier molecular flexibility index (Phi) is 2.61. The van der Waals surface area contributed by atoms with Crippen LogP contribution in [0.25, 0.3) is 0 Å². The Hall–Kier alpha value is -0.870. The van der Waals surface area contributed by atoms with E-state index >= 15 is 0 Å². The molecule has 1 saturated heterocycles. The molecule has 0 aliphatic carbocycles. The second-order valence-corrected chi connectivity index (χ2v) is 3.03. The third-order valence-corrected chi connectivity index (χ3v) is 1.97. The van der Waals surface area contributed by atoms with Crippen molar-refractivity contribution in [2.45, 2.75) is 12.0 Å². The van der Waals surface area contributed by atoms with E-state index in [0.29, 0.717) is 25.0 Å². The molecule has 0 atom stereocenters. The summed E-state index contributed by atoms with van der Waals surface area (Å²) in [5.41, 5.74) is 0.722. The topological polar surface area (TPSA) is 44.2 Å². The lowest BCUT2D eigenvalue weighted by Gasteiger charge is -2.25. The van der Waals surface area contributed by atoms with Gasteiger partial charge in [0.15, 0.2) is 0 Å². The maximum absolute atomic E-state index is 5.60. The van der Waals surface area contributed by atoms with E-state index in [1.54, 1.807) is 12.4 Å². The van der Waals surface area contributed by atoms with E-state index in [1.807, 2.05) is 0 Å². The van der Waals surface area contributed by atoms with Crippen molar-refractivity contribution in [1.29, 1.82) is 0 Å². The number of nitrogens with zero attached hydrogens (tertiary/aromatic N) is 2. The first-order valence-corrected chi connectivity index (χ1v) is 4.53.